The van der Waals surface area contributed by atoms with Gasteiger partial charge in [-0.25, -0.2) is 0 Å². The molecule has 1 aromatic heterocycles. The molecule has 0 radical (unpaired) electrons. The van der Waals surface area contributed by atoms with Gasteiger partial charge in [0, 0.05) is 0 Å². The van der Waals surface area contributed by atoms with Crippen molar-refractivity contribution in [1.29, 1.82) is 0 Å². The number of anilines is 1. The number of alkyl halides is 2. The Bertz CT molecular complexity index is 1020. The number of amides is 1. The van der Waals surface area contributed by atoms with Gasteiger partial charge in [-0.2, -0.15) is 8.78 Å². The van der Waals surface area contributed by atoms with Crippen molar-refractivity contribution < 1.29 is 27.5 Å². The van der Waals surface area contributed by atoms with Crippen molar-refractivity contribution in [3.63, 3.8) is 0 Å². The van der Waals surface area contributed by atoms with Crippen LogP contribution in [-0.4, -0.2) is 12.5 Å². The first-order valence-corrected chi connectivity index (χ1v) is 9.11. The summed E-state index contributed by atoms with van der Waals surface area (Å²) in [4.78, 5) is 12.4. The van der Waals surface area contributed by atoms with Crippen LogP contribution < -0.4 is 14.8 Å². The molecule has 0 aliphatic carbocycles. The summed E-state index contributed by atoms with van der Waals surface area (Å²) in [7, 11) is 0. The molecule has 0 fully saturated rings. The normalized spacial score (nSPS) is 10.8. The summed E-state index contributed by atoms with van der Waals surface area (Å²) in [6.45, 7) is -1.25. The van der Waals surface area contributed by atoms with Crippen molar-refractivity contribution in [2.24, 2.45) is 0 Å². The van der Waals surface area contributed by atoms with E-state index in [9.17, 15) is 13.6 Å². The molecule has 0 aliphatic rings. The quantitative estimate of drug-likeness (QED) is 0.465. The molecule has 0 spiro atoms. The highest BCUT2D eigenvalue weighted by molar-refractivity contribution is 6.42. The maximum Gasteiger partial charge on any atom is 0.387 e. The van der Waals surface area contributed by atoms with Crippen LogP contribution in [0.5, 0.6) is 11.5 Å². The third kappa shape index (κ3) is 5.40. The third-order valence-corrected chi connectivity index (χ3v) is 4.57. The number of carbonyl (C=O) groups excluding carboxylic acids is 1. The molecule has 0 unspecified atom stereocenters. The van der Waals surface area contributed by atoms with E-state index in [1.54, 1.807) is 37.3 Å². The van der Waals surface area contributed by atoms with Crippen LogP contribution in [0.15, 0.2) is 52.9 Å². The number of carbonyl (C=O) groups is 1. The molecule has 1 N–H and O–H groups in total. The third-order valence-electron chi connectivity index (χ3n) is 3.77. The highest BCUT2D eigenvalue weighted by Gasteiger charge is 2.16. The van der Waals surface area contributed by atoms with Gasteiger partial charge in [0.15, 0.2) is 5.76 Å². The highest BCUT2D eigenvalue weighted by Crippen LogP contribution is 2.32. The number of hydrogen-bond donors (Lipinski definition) is 1. The zero-order valence-corrected chi connectivity index (χ0v) is 16.6. The van der Waals surface area contributed by atoms with Gasteiger partial charge in [-0.1, -0.05) is 35.3 Å². The molecule has 29 heavy (non-hydrogen) atoms. The van der Waals surface area contributed by atoms with Crippen LogP contribution >= 0.6 is 23.2 Å². The van der Waals surface area contributed by atoms with E-state index in [-0.39, 0.29) is 28.8 Å². The minimum Gasteiger partial charge on any atom is -0.484 e. The first kappa shape index (κ1) is 21.0. The molecule has 3 aromatic rings. The molecule has 0 saturated heterocycles. The van der Waals surface area contributed by atoms with Crippen molar-refractivity contribution in [2.75, 3.05) is 5.32 Å². The smallest absolute Gasteiger partial charge is 0.387 e. The van der Waals surface area contributed by atoms with E-state index in [0.717, 1.165) is 5.56 Å². The Labute approximate surface area is 175 Å². The van der Waals surface area contributed by atoms with Crippen molar-refractivity contribution in [1.82, 2.24) is 0 Å². The number of rotatable bonds is 7. The Morgan fingerprint density at radius 3 is 2.69 bits per heavy atom. The predicted octanol–water partition coefficient (Wildman–Crippen LogP) is 6.33. The molecule has 1 amide bonds. The van der Waals surface area contributed by atoms with Crippen LogP contribution in [0, 0.1) is 6.92 Å². The molecule has 0 atom stereocenters. The topological polar surface area (TPSA) is 60.7 Å². The second kappa shape index (κ2) is 9.15. The van der Waals surface area contributed by atoms with Crippen molar-refractivity contribution in [2.45, 2.75) is 20.1 Å². The average molecular weight is 442 g/mol. The summed E-state index contributed by atoms with van der Waals surface area (Å²) in [5, 5.41) is 3.13. The summed E-state index contributed by atoms with van der Waals surface area (Å²) in [5.41, 5.74) is 0.865. The van der Waals surface area contributed by atoms with Gasteiger partial charge in [0.1, 0.15) is 28.9 Å². The lowest BCUT2D eigenvalue weighted by molar-refractivity contribution is -0.0493. The Morgan fingerprint density at radius 2 is 1.93 bits per heavy atom. The van der Waals surface area contributed by atoms with E-state index in [0.29, 0.717) is 16.5 Å². The molecule has 5 nitrogen and oxygen atoms in total. The number of furan rings is 1. The lowest BCUT2D eigenvalue weighted by Crippen LogP contribution is -2.13. The van der Waals surface area contributed by atoms with Gasteiger partial charge in [-0.3, -0.25) is 4.79 Å². The molecule has 0 saturated carbocycles. The first-order valence-electron chi connectivity index (χ1n) is 8.36. The van der Waals surface area contributed by atoms with Crippen LogP contribution in [0.25, 0.3) is 0 Å². The zero-order valence-electron chi connectivity index (χ0n) is 15.0. The van der Waals surface area contributed by atoms with Crippen LogP contribution in [-0.2, 0) is 6.61 Å². The van der Waals surface area contributed by atoms with E-state index >= 15 is 0 Å². The SMILES string of the molecule is Cc1ccc(OC(F)F)c(NC(=O)c2ccc(COc3cccc(Cl)c3Cl)o2)c1. The van der Waals surface area contributed by atoms with Crippen LogP contribution in [0.3, 0.4) is 0 Å². The number of hydrogen-bond acceptors (Lipinski definition) is 4. The molecule has 152 valence electrons. The van der Waals surface area contributed by atoms with Gasteiger partial charge in [0.05, 0.1) is 10.7 Å². The van der Waals surface area contributed by atoms with Crippen LogP contribution in [0.2, 0.25) is 10.0 Å². The summed E-state index contributed by atoms with van der Waals surface area (Å²) in [6.07, 6.45) is 0. The molecule has 2 aromatic carbocycles. The van der Waals surface area contributed by atoms with Gasteiger partial charge in [-0.15, -0.1) is 0 Å². The Balaban J connectivity index is 1.68. The summed E-state index contributed by atoms with van der Waals surface area (Å²) >= 11 is 12.0. The first-order chi connectivity index (χ1) is 13.8. The van der Waals surface area contributed by atoms with Gasteiger partial charge >= 0.3 is 6.61 Å². The maximum atomic E-state index is 12.6. The average Bonchev–Trinajstić information content (AvgIpc) is 3.14. The predicted molar refractivity (Wildman–Crippen MR) is 105 cm³/mol. The summed E-state index contributed by atoms with van der Waals surface area (Å²) in [6, 6.07) is 12.4. The zero-order chi connectivity index (χ0) is 21.0. The minimum absolute atomic E-state index is 0.0114. The van der Waals surface area contributed by atoms with Crippen molar-refractivity contribution in [3.8, 4) is 11.5 Å². The summed E-state index contributed by atoms with van der Waals surface area (Å²) in [5.74, 6) is -0.0636. The fourth-order valence-corrected chi connectivity index (χ4v) is 2.79. The minimum atomic E-state index is -3.01. The lowest BCUT2D eigenvalue weighted by atomic mass is 10.2. The number of halogens is 4. The maximum absolute atomic E-state index is 12.6. The summed E-state index contributed by atoms with van der Waals surface area (Å²) < 4.78 is 40.6. The number of ether oxygens (including phenoxy) is 2. The standard InChI is InChI=1S/C20H15Cl2F2NO4/c1-11-5-7-15(29-20(23)24)14(9-11)25-19(26)17-8-6-12(28-17)10-27-16-4-2-3-13(21)18(16)22/h2-9,20H,10H2,1H3,(H,25,26). The Hall–Kier alpha value is -2.77. The van der Waals surface area contributed by atoms with Gasteiger partial charge < -0.3 is 19.2 Å². The molecule has 3 rings (SSSR count). The van der Waals surface area contributed by atoms with Gasteiger partial charge in [-0.05, 0) is 48.9 Å². The van der Waals surface area contributed by atoms with Gasteiger partial charge in [0.2, 0.25) is 0 Å². The second-order valence-electron chi connectivity index (χ2n) is 5.94. The number of benzene rings is 2. The van der Waals surface area contributed by atoms with Crippen LogP contribution in [0.4, 0.5) is 14.5 Å². The second-order valence-corrected chi connectivity index (χ2v) is 6.72. The van der Waals surface area contributed by atoms with Crippen molar-refractivity contribution in [3.05, 3.63) is 75.7 Å². The monoisotopic (exact) mass is 441 g/mol. The number of aryl methyl sites for hydroxylation is 1. The van der Waals surface area contributed by atoms with E-state index in [1.807, 2.05) is 0 Å². The van der Waals surface area contributed by atoms with E-state index in [4.69, 9.17) is 32.4 Å². The molecule has 0 bridgehead atoms. The van der Waals surface area contributed by atoms with E-state index in [2.05, 4.69) is 10.1 Å². The Morgan fingerprint density at radius 1 is 1.14 bits per heavy atom. The molecular weight excluding hydrogens is 427 g/mol. The fraction of sp³-hybridized carbons (Fsp3) is 0.150. The van der Waals surface area contributed by atoms with Crippen molar-refractivity contribution >= 4 is 34.8 Å². The molecule has 1 heterocycles. The number of nitrogens with one attached hydrogen (secondary N) is 1. The molecule has 9 heteroatoms. The lowest BCUT2D eigenvalue weighted by Gasteiger charge is -2.12. The van der Waals surface area contributed by atoms with E-state index in [1.165, 1.54) is 18.2 Å². The van der Waals surface area contributed by atoms with E-state index < -0.39 is 12.5 Å². The largest absolute Gasteiger partial charge is 0.484 e. The molecule has 0 aliphatic heterocycles. The molecular formula is C20H15Cl2F2NO4. The fourth-order valence-electron chi connectivity index (χ4n) is 2.45. The Kier molecular flexibility index (Phi) is 6.61. The highest BCUT2D eigenvalue weighted by atomic mass is 35.5. The van der Waals surface area contributed by atoms with Crippen LogP contribution in [0.1, 0.15) is 21.9 Å². The van der Waals surface area contributed by atoms with Gasteiger partial charge in [0.25, 0.3) is 5.91 Å².